The number of hydrogen-bond donors (Lipinski definition) is 2. The Labute approximate surface area is 122 Å². The van der Waals surface area contributed by atoms with Crippen LogP contribution in [-0.4, -0.2) is 80.3 Å². The standard InChI is InChI=1S/C14H30N4O2/c1-12(10-20-4)16-13(19)9-17-5-7-18(8-6-17)14(2,3)11-15/h12H,5-11,15H2,1-4H3,(H,16,19). The maximum Gasteiger partial charge on any atom is 0.234 e. The summed E-state index contributed by atoms with van der Waals surface area (Å²) in [6.45, 7) is 11.7. The third kappa shape index (κ3) is 5.36. The lowest BCUT2D eigenvalue weighted by Crippen LogP contribution is -2.58. The first-order valence-corrected chi connectivity index (χ1v) is 7.35. The molecule has 1 saturated heterocycles. The number of carbonyl (C=O) groups is 1. The second kappa shape index (κ2) is 7.93. The van der Waals surface area contributed by atoms with Gasteiger partial charge < -0.3 is 15.8 Å². The van der Waals surface area contributed by atoms with Crippen molar-refractivity contribution in [3.8, 4) is 0 Å². The molecule has 0 aromatic carbocycles. The summed E-state index contributed by atoms with van der Waals surface area (Å²) >= 11 is 0. The number of hydrogen-bond acceptors (Lipinski definition) is 5. The zero-order chi connectivity index (χ0) is 15.2. The predicted octanol–water partition coefficient (Wildman–Crippen LogP) is -0.508. The number of nitrogens with two attached hydrogens (primary N) is 1. The summed E-state index contributed by atoms with van der Waals surface area (Å²) < 4.78 is 5.01. The van der Waals surface area contributed by atoms with E-state index >= 15 is 0 Å². The third-order valence-corrected chi connectivity index (χ3v) is 3.92. The lowest BCUT2D eigenvalue weighted by molar-refractivity contribution is -0.123. The molecule has 0 aromatic rings. The third-order valence-electron chi connectivity index (χ3n) is 3.92. The molecule has 6 nitrogen and oxygen atoms in total. The number of amides is 1. The monoisotopic (exact) mass is 286 g/mol. The molecule has 118 valence electrons. The Kier molecular flexibility index (Phi) is 6.88. The van der Waals surface area contributed by atoms with Crippen molar-refractivity contribution in [2.45, 2.75) is 32.4 Å². The Morgan fingerprint density at radius 3 is 2.45 bits per heavy atom. The molecule has 0 saturated carbocycles. The molecule has 0 aromatic heterocycles. The minimum Gasteiger partial charge on any atom is -0.383 e. The van der Waals surface area contributed by atoms with Crippen LogP contribution in [0.3, 0.4) is 0 Å². The van der Waals surface area contributed by atoms with E-state index in [9.17, 15) is 4.79 Å². The molecular weight excluding hydrogens is 256 g/mol. The molecule has 0 aliphatic carbocycles. The molecular formula is C14H30N4O2. The fourth-order valence-electron chi connectivity index (χ4n) is 2.46. The number of nitrogens with zero attached hydrogens (tertiary/aromatic N) is 2. The van der Waals surface area contributed by atoms with Crippen LogP contribution in [-0.2, 0) is 9.53 Å². The van der Waals surface area contributed by atoms with E-state index in [2.05, 4.69) is 29.0 Å². The SMILES string of the molecule is COCC(C)NC(=O)CN1CCN(C(C)(C)CN)CC1. The van der Waals surface area contributed by atoms with Crippen LogP contribution in [0.15, 0.2) is 0 Å². The molecule has 1 fully saturated rings. The average Bonchev–Trinajstić information content (AvgIpc) is 2.39. The molecule has 20 heavy (non-hydrogen) atoms. The summed E-state index contributed by atoms with van der Waals surface area (Å²) in [5.41, 5.74) is 5.85. The molecule has 6 heteroatoms. The number of rotatable bonds is 7. The highest BCUT2D eigenvalue weighted by molar-refractivity contribution is 5.78. The van der Waals surface area contributed by atoms with Gasteiger partial charge in [0.25, 0.3) is 0 Å². The number of carbonyl (C=O) groups excluding carboxylic acids is 1. The van der Waals surface area contributed by atoms with E-state index in [1.165, 1.54) is 0 Å². The molecule has 1 aliphatic heterocycles. The number of piperazine rings is 1. The summed E-state index contributed by atoms with van der Waals surface area (Å²) in [6.07, 6.45) is 0. The van der Waals surface area contributed by atoms with E-state index < -0.39 is 0 Å². The van der Waals surface area contributed by atoms with Gasteiger partial charge in [0.15, 0.2) is 0 Å². The van der Waals surface area contributed by atoms with Gasteiger partial charge in [0.1, 0.15) is 0 Å². The second-order valence-corrected chi connectivity index (χ2v) is 6.20. The summed E-state index contributed by atoms with van der Waals surface area (Å²) in [4.78, 5) is 16.5. The van der Waals surface area contributed by atoms with Crippen molar-refractivity contribution >= 4 is 5.91 Å². The Morgan fingerprint density at radius 2 is 1.95 bits per heavy atom. The summed E-state index contributed by atoms with van der Waals surface area (Å²) in [7, 11) is 1.64. The van der Waals surface area contributed by atoms with Crippen molar-refractivity contribution in [3.63, 3.8) is 0 Å². The molecule has 0 radical (unpaired) electrons. The van der Waals surface area contributed by atoms with Crippen molar-refractivity contribution in [2.24, 2.45) is 5.73 Å². The highest BCUT2D eigenvalue weighted by atomic mass is 16.5. The molecule has 1 rings (SSSR count). The highest BCUT2D eigenvalue weighted by Gasteiger charge is 2.29. The molecule has 3 N–H and O–H groups in total. The lowest BCUT2D eigenvalue weighted by Gasteiger charge is -2.43. The average molecular weight is 286 g/mol. The van der Waals surface area contributed by atoms with E-state index in [1.54, 1.807) is 7.11 Å². The number of methoxy groups -OCH3 is 1. The van der Waals surface area contributed by atoms with Crippen LogP contribution in [0.4, 0.5) is 0 Å². The van der Waals surface area contributed by atoms with Crippen LogP contribution in [0, 0.1) is 0 Å². The first kappa shape index (κ1) is 17.4. The van der Waals surface area contributed by atoms with Crippen LogP contribution in [0.5, 0.6) is 0 Å². The second-order valence-electron chi connectivity index (χ2n) is 6.20. The van der Waals surface area contributed by atoms with Gasteiger partial charge in [0.05, 0.1) is 13.2 Å². The van der Waals surface area contributed by atoms with Crippen LogP contribution < -0.4 is 11.1 Å². The molecule has 1 aliphatic rings. The molecule has 1 atom stereocenters. The summed E-state index contributed by atoms with van der Waals surface area (Å²) in [6, 6.07) is 0.0602. The smallest absolute Gasteiger partial charge is 0.234 e. The maximum atomic E-state index is 11.9. The van der Waals surface area contributed by atoms with Gasteiger partial charge in [0.2, 0.25) is 5.91 Å². The van der Waals surface area contributed by atoms with E-state index in [0.717, 1.165) is 26.2 Å². The van der Waals surface area contributed by atoms with Crippen molar-refractivity contribution in [3.05, 3.63) is 0 Å². The van der Waals surface area contributed by atoms with E-state index in [0.29, 0.717) is 19.7 Å². The normalized spacial score (nSPS) is 19.9. The van der Waals surface area contributed by atoms with Crippen LogP contribution in [0.1, 0.15) is 20.8 Å². The van der Waals surface area contributed by atoms with Crippen LogP contribution in [0.25, 0.3) is 0 Å². The van der Waals surface area contributed by atoms with Crippen molar-refractivity contribution < 1.29 is 9.53 Å². The first-order chi connectivity index (χ1) is 9.39. The summed E-state index contributed by atoms with van der Waals surface area (Å²) in [5, 5.41) is 2.94. The minimum absolute atomic E-state index is 0.0430. The number of nitrogens with one attached hydrogen (secondary N) is 1. The molecule has 0 bridgehead atoms. The molecule has 1 unspecified atom stereocenters. The fraction of sp³-hybridized carbons (Fsp3) is 0.929. The van der Waals surface area contributed by atoms with Gasteiger partial charge >= 0.3 is 0 Å². The van der Waals surface area contributed by atoms with Gasteiger partial charge in [-0.25, -0.2) is 0 Å². The zero-order valence-electron chi connectivity index (χ0n) is 13.3. The van der Waals surface area contributed by atoms with Crippen LogP contribution in [0.2, 0.25) is 0 Å². The molecule has 1 heterocycles. The largest absolute Gasteiger partial charge is 0.383 e. The fourth-order valence-corrected chi connectivity index (χ4v) is 2.46. The highest BCUT2D eigenvalue weighted by Crippen LogP contribution is 2.15. The zero-order valence-corrected chi connectivity index (χ0v) is 13.3. The Morgan fingerprint density at radius 1 is 1.35 bits per heavy atom. The van der Waals surface area contributed by atoms with Gasteiger partial charge in [-0.2, -0.15) is 0 Å². The minimum atomic E-state index is 0.0430. The van der Waals surface area contributed by atoms with Gasteiger partial charge in [-0.3, -0.25) is 14.6 Å². The van der Waals surface area contributed by atoms with Crippen molar-refractivity contribution in [1.82, 2.24) is 15.1 Å². The number of ether oxygens (including phenoxy) is 1. The Bertz CT molecular complexity index is 302. The van der Waals surface area contributed by atoms with Crippen LogP contribution >= 0.6 is 0 Å². The lowest BCUT2D eigenvalue weighted by atomic mass is 10.0. The topological polar surface area (TPSA) is 70.8 Å². The maximum absolute atomic E-state index is 11.9. The van der Waals surface area contributed by atoms with Crippen molar-refractivity contribution in [2.75, 3.05) is 53.0 Å². The van der Waals surface area contributed by atoms with Gasteiger partial charge in [-0.1, -0.05) is 0 Å². The Balaban J connectivity index is 2.30. The van der Waals surface area contributed by atoms with Gasteiger partial charge in [-0.05, 0) is 20.8 Å². The molecule has 1 amide bonds. The van der Waals surface area contributed by atoms with E-state index in [1.807, 2.05) is 6.92 Å². The Hall–Kier alpha value is -0.690. The van der Waals surface area contributed by atoms with Crippen molar-refractivity contribution in [1.29, 1.82) is 0 Å². The van der Waals surface area contributed by atoms with E-state index in [4.69, 9.17) is 10.5 Å². The summed E-state index contributed by atoms with van der Waals surface area (Å²) in [5.74, 6) is 0.0704. The first-order valence-electron chi connectivity index (χ1n) is 7.35. The quantitative estimate of drug-likeness (QED) is 0.660. The van der Waals surface area contributed by atoms with Gasteiger partial charge in [0, 0.05) is 51.4 Å². The van der Waals surface area contributed by atoms with E-state index in [-0.39, 0.29) is 17.5 Å². The predicted molar refractivity (Wildman–Crippen MR) is 80.6 cm³/mol. The van der Waals surface area contributed by atoms with Gasteiger partial charge in [-0.15, -0.1) is 0 Å². The molecule has 0 spiro atoms.